The normalized spacial score (nSPS) is 16.2. The van der Waals surface area contributed by atoms with E-state index in [4.69, 9.17) is 4.98 Å². The van der Waals surface area contributed by atoms with Crippen LogP contribution in [0.3, 0.4) is 0 Å². The highest BCUT2D eigenvalue weighted by Crippen LogP contribution is 2.38. The van der Waals surface area contributed by atoms with E-state index in [2.05, 4.69) is 42.4 Å². The molecule has 2 aromatic rings. The van der Waals surface area contributed by atoms with Crippen LogP contribution in [0.25, 0.3) is 0 Å². The van der Waals surface area contributed by atoms with Crippen LogP contribution in [0.2, 0.25) is 0 Å². The summed E-state index contributed by atoms with van der Waals surface area (Å²) in [5.74, 6) is 1.52. The molecule has 0 unspecified atom stereocenters. The summed E-state index contributed by atoms with van der Waals surface area (Å²) in [5, 5.41) is 21.5. The first kappa shape index (κ1) is 22.1. The maximum Gasteiger partial charge on any atom is 0.236 e. The highest BCUT2D eigenvalue weighted by Gasteiger charge is 2.30. The SMILES string of the molecule is CCSc1nnc(NC(=O)CSc2nc3c(cc2C#N)C[C@@H](C(C)(C)C)CC3)s1. The Hall–Kier alpha value is -1.63. The molecule has 1 aliphatic carbocycles. The zero-order chi connectivity index (χ0) is 21.0. The number of rotatable bonds is 6. The van der Waals surface area contributed by atoms with Gasteiger partial charge in [0.25, 0.3) is 0 Å². The summed E-state index contributed by atoms with van der Waals surface area (Å²) in [7, 11) is 0. The minimum Gasteiger partial charge on any atom is -0.300 e. The van der Waals surface area contributed by atoms with Crippen molar-refractivity contribution in [2.75, 3.05) is 16.8 Å². The number of carbonyl (C=O) groups excluding carboxylic acids is 1. The van der Waals surface area contributed by atoms with Crippen LogP contribution >= 0.6 is 34.9 Å². The third-order valence-electron chi connectivity index (χ3n) is 4.96. The highest BCUT2D eigenvalue weighted by atomic mass is 32.2. The van der Waals surface area contributed by atoms with Crippen LogP contribution < -0.4 is 5.32 Å². The lowest BCUT2D eigenvalue weighted by atomic mass is 9.71. The monoisotopic (exact) mass is 447 g/mol. The second-order valence-electron chi connectivity index (χ2n) is 8.01. The molecule has 9 heteroatoms. The van der Waals surface area contributed by atoms with Gasteiger partial charge in [-0.2, -0.15) is 5.26 Å². The predicted molar refractivity (Wildman–Crippen MR) is 120 cm³/mol. The standard InChI is InChI=1S/C20H25N5OS3/c1-5-27-19-25-24-18(29-19)23-16(26)11-28-17-13(10-21)8-12-9-14(20(2,3)4)6-7-15(12)22-17/h8,14H,5-7,9,11H2,1-4H3,(H,23,24,26)/t14-/m0/s1. The molecule has 1 atom stereocenters. The Kier molecular flexibility index (Phi) is 7.19. The van der Waals surface area contributed by atoms with Gasteiger partial charge in [-0.25, -0.2) is 4.98 Å². The van der Waals surface area contributed by atoms with E-state index in [-0.39, 0.29) is 17.1 Å². The van der Waals surface area contributed by atoms with E-state index in [1.54, 1.807) is 11.8 Å². The quantitative estimate of drug-likeness (QED) is 0.502. The van der Waals surface area contributed by atoms with Crippen molar-refractivity contribution in [2.45, 2.75) is 56.3 Å². The lowest BCUT2D eigenvalue weighted by Crippen LogP contribution is -2.27. The van der Waals surface area contributed by atoms with Gasteiger partial charge >= 0.3 is 0 Å². The van der Waals surface area contributed by atoms with Crippen LogP contribution in [0.4, 0.5) is 5.13 Å². The van der Waals surface area contributed by atoms with Crippen LogP contribution in [-0.2, 0) is 17.6 Å². The van der Waals surface area contributed by atoms with Gasteiger partial charge in [-0.05, 0) is 48.0 Å². The first-order valence-electron chi connectivity index (χ1n) is 9.62. The van der Waals surface area contributed by atoms with E-state index in [1.807, 2.05) is 13.0 Å². The predicted octanol–water partition coefficient (Wildman–Crippen LogP) is 4.80. The number of thioether (sulfide) groups is 2. The Bertz CT molecular complexity index is 929. The first-order chi connectivity index (χ1) is 13.8. The largest absolute Gasteiger partial charge is 0.300 e. The van der Waals surface area contributed by atoms with E-state index in [0.717, 1.165) is 35.0 Å². The van der Waals surface area contributed by atoms with Gasteiger partial charge in [0.15, 0.2) is 4.34 Å². The molecule has 2 heterocycles. The molecule has 6 nitrogen and oxygen atoms in total. The van der Waals surface area contributed by atoms with Gasteiger partial charge in [0, 0.05) is 5.69 Å². The van der Waals surface area contributed by atoms with Gasteiger partial charge in [-0.3, -0.25) is 10.1 Å². The van der Waals surface area contributed by atoms with Gasteiger partial charge in [0.1, 0.15) is 11.1 Å². The topological polar surface area (TPSA) is 91.6 Å². The van der Waals surface area contributed by atoms with E-state index >= 15 is 0 Å². The fraction of sp³-hybridized carbons (Fsp3) is 0.550. The zero-order valence-corrected chi connectivity index (χ0v) is 19.6. The molecule has 0 bridgehead atoms. The summed E-state index contributed by atoms with van der Waals surface area (Å²) in [5.41, 5.74) is 3.04. The van der Waals surface area contributed by atoms with Gasteiger partial charge in [-0.1, -0.05) is 62.6 Å². The number of amides is 1. The second kappa shape index (κ2) is 9.45. The Morgan fingerprint density at radius 1 is 1.38 bits per heavy atom. The molecule has 154 valence electrons. The third kappa shape index (κ3) is 5.71. The Balaban J connectivity index is 1.65. The average Bonchev–Trinajstić information content (AvgIpc) is 3.11. The molecule has 1 N–H and O–H groups in total. The van der Waals surface area contributed by atoms with Gasteiger partial charge in [0.05, 0.1) is 11.3 Å². The zero-order valence-electron chi connectivity index (χ0n) is 17.1. The van der Waals surface area contributed by atoms with E-state index in [9.17, 15) is 10.1 Å². The summed E-state index contributed by atoms with van der Waals surface area (Å²) in [6, 6.07) is 4.22. The van der Waals surface area contributed by atoms with Crippen molar-refractivity contribution in [3.63, 3.8) is 0 Å². The molecule has 1 amide bonds. The molecule has 0 saturated carbocycles. The Morgan fingerprint density at radius 2 is 2.17 bits per heavy atom. The van der Waals surface area contributed by atoms with E-state index < -0.39 is 0 Å². The number of aryl methyl sites for hydroxylation is 1. The molecule has 0 aliphatic heterocycles. The van der Waals surface area contributed by atoms with Gasteiger partial charge in [-0.15, -0.1) is 10.2 Å². The summed E-state index contributed by atoms with van der Waals surface area (Å²) in [6.45, 7) is 8.85. The molecule has 0 aromatic carbocycles. The second-order valence-corrected chi connectivity index (χ2v) is 11.5. The van der Waals surface area contributed by atoms with E-state index in [0.29, 0.717) is 21.6 Å². The highest BCUT2D eigenvalue weighted by molar-refractivity contribution is 8.01. The molecule has 0 radical (unpaired) electrons. The molecule has 2 aromatic heterocycles. The summed E-state index contributed by atoms with van der Waals surface area (Å²) < 4.78 is 0.840. The van der Waals surface area contributed by atoms with Crippen molar-refractivity contribution in [3.8, 4) is 6.07 Å². The minimum atomic E-state index is -0.171. The number of aromatic nitrogens is 3. The maximum absolute atomic E-state index is 12.3. The molecule has 1 aliphatic rings. The number of nitrogens with zero attached hydrogens (tertiary/aromatic N) is 4. The van der Waals surface area contributed by atoms with Crippen molar-refractivity contribution in [1.29, 1.82) is 5.26 Å². The van der Waals surface area contributed by atoms with Crippen LogP contribution in [0.1, 0.15) is 50.9 Å². The number of nitrogens with one attached hydrogen (secondary N) is 1. The smallest absolute Gasteiger partial charge is 0.236 e. The molecule has 0 saturated heterocycles. The van der Waals surface area contributed by atoms with Crippen LogP contribution in [-0.4, -0.2) is 32.6 Å². The Labute approximate surface area is 184 Å². The van der Waals surface area contributed by atoms with Gasteiger partial charge in [0.2, 0.25) is 11.0 Å². The molecule has 3 rings (SSSR count). The number of hydrogen-bond donors (Lipinski definition) is 1. The first-order valence-corrected chi connectivity index (χ1v) is 12.4. The van der Waals surface area contributed by atoms with Crippen LogP contribution in [0.15, 0.2) is 15.4 Å². The lowest BCUT2D eigenvalue weighted by Gasteiger charge is -2.34. The fourth-order valence-electron chi connectivity index (χ4n) is 3.31. The minimum absolute atomic E-state index is 0.171. The number of carbonyl (C=O) groups is 1. The molecule has 0 fully saturated rings. The van der Waals surface area contributed by atoms with E-state index in [1.165, 1.54) is 28.7 Å². The number of pyridine rings is 1. The van der Waals surface area contributed by atoms with Crippen molar-refractivity contribution in [1.82, 2.24) is 15.2 Å². The van der Waals surface area contributed by atoms with Crippen molar-refractivity contribution < 1.29 is 4.79 Å². The van der Waals surface area contributed by atoms with Crippen LogP contribution in [0, 0.1) is 22.7 Å². The van der Waals surface area contributed by atoms with Gasteiger partial charge < -0.3 is 0 Å². The van der Waals surface area contributed by atoms with Crippen LogP contribution in [0.5, 0.6) is 0 Å². The summed E-state index contributed by atoms with van der Waals surface area (Å²) in [6.07, 6.45) is 2.99. The molecule has 29 heavy (non-hydrogen) atoms. The Morgan fingerprint density at radius 3 is 2.86 bits per heavy atom. The number of anilines is 1. The van der Waals surface area contributed by atoms with Crippen molar-refractivity contribution in [3.05, 3.63) is 22.9 Å². The van der Waals surface area contributed by atoms with Crippen molar-refractivity contribution in [2.24, 2.45) is 11.3 Å². The third-order valence-corrected chi connectivity index (χ3v) is 7.80. The maximum atomic E-state index is 12.3. The molecule has 0 spiro atoms. The number of hydrogen-bond acceptors (Lipinski definition) is 8. The summed E-state index contributed by atoms with van der Waals surface area (Å²) in [4.78, 5) is 17.0. The average molecular weight is 448 g/mol. The number of fused-ring (bicyclic) bond motifs is 1. The molecular weight excluding hydrogens is 422 g/mol. The summed E-state index contributed by atoms with van der Waals surface area (Å²) >= 11 is 4.26. The number of nitriles is 1. The molecular formula is C20H25N5OS3. The van der Waals surface area contributed by atoms with Crippen molar-refractivity contribution >= 4 is 45.9 Å². The lowest BCUT2D eigenvalue weighted by molar-refractivity contribution is -0.113. The fourth-order valence-corrected chi connectivity index (χ4v) is 5.75.